The van der Waals surface area contributed by atoms with Crippen LogP contribution >= 0.6 is 11.8 Å². The maximum absolute atomic E-state index is 15.4. The fourth-order valence-corrected chi connectivity index (χ4v) is 15.9. The van der Waals surface area contributed by atoms with Gasteiger partial charge in [0.2, 0.25) is 106 Å². The molecule has 0 bridgehead atoms. The number of benzene rings is 5. The molecular formula is C90H120N24O22S. The first kappa shape index (κ1) is 109. The number of carbonyl (C=O) groups is 19. The quantitative estimate of drug-likeness (QED) is 0.0132. The molecule has 738 valence electrons. The summed E-state index contributed by atoms with van der Waals surface area (Å²) in [4.78, 5) is 278. The van der Waals surface area contributed by atoms with Crippen molar-refractivity contribution in [2.45, 2.75) is 176 Å². The molecule has 1 saturated heterocycles. The number of primary amides is 3. The predicted molar refractivity (Wildman–Crippen MR) is 496 cm³/mol. The Balaban J connectivity index is 1.34. The molecular weight excluding hydrogens is 1800 g/mol. The number of rotatable bonds is 27. The standard InChI is InChI=1S/C90H120N24O22S/c1-49(2)75-84(132)104-60(40-69(91)117)79(127)105-61(36-53-29-31-56(116)32-30-53)85(133)111(3)45-72(120)101-57(27-17-33-98-89(94)95)77(125)106-63(42-74(122)123)88(136)114-44-55-26-16-15-25-54(55)39-68(114)83(131)107-62(41-70(92)118)87(135)113(5)67(38-52-23-13-8-14-24-52)82(130)109-65(76(124)100-43-71(93)119)47-137-48-73(121)102-59(35-50-19-9-6-10-20-50)78(126)103-58(28-18-34-99-90(96)97)86(134)112(4)66(37-51-21-11-7-12-22-51)81(129)108-64(46-115)80(128)110-75/h6-16,19-26,29-32,49,57-68,75,115-116H,17-18,27-28,33-48H2,1-5H3,(H2,91,117)(H2,92,118)(H2,93,119)(H,100,124)(H,101,120)(H,102,121)(H,103,126)(H,104,132)(H,105,127)(H,106,125)(H,107,131)(H,108,129)(H,109,130)(H,110,128)(H,122,123)(H4,94,95,98)(H4,96,97,99). The van der Waals surface area contributed by atoms with E-state index in [4.69, 9.17) is 39.5 Å². The molecule has 0 radical (unpaired) electrons. The molecule has 7 rings (SSSR count). The fraction of sp³-hybridized carbons (Fsp3) is 0.433. The summed E-state index contributed by atoms with van der Waals surface area (Å²) in [5, 5.41) is 79.8. The maximum atomic E-state index is 15.4. The average Bonchev–Trinajstić information content (AvgIpc) is 0.779. The zero-order chi connectivity index (χ0) is 101. The molecule has 0 aromatic heterocycles. The van der Waals surface area contributed by atoms with Crippen molar-refractivity contribution in [1.29, 1.82) is 10.8 Å². The van der Waals surface area contributed by atoms with Crippen molar-refractivity contribution in [3.8, 4) is 5.75 Å². The van der Waals surface area contributed by atoms with Crippen molar-refractivity contribution >= 4 is 136 Å². The molecule has 2 aliphatic heterocycles. The number of carboxylic acid groups (broad SMARTS) is 1. The number of likely N-dealkylation sites (N-methyl/N-ethyl adjacent to an activating group) is 3. The van der Waals surface area contributed by atoms with Gasteiger partial charge in [-0.3, -0.25) is 102 Å². The molecule has 137 heavy (non-hydrogen) atoms. The van der Waals surface area contributed by atoms with Crippen LogP contribution in [0.1, 0.15) is 92.2 Å². The Hall–Kier alpha value is -15.3. The third-order valence-electron chi connectivity index (χ3n) is 22.2. The number of carboxylic acids is 1. The number of aliphatic carboxylic acids is 1. The number of carbonyl (C=O) groups excluding carboxylic acids is 18. The highest BCUT2D eigenvalue weighted by molar-refractivity contribution is 8.00. The van der Waals surface area contributed by atoms with E-state index < -0.39 is 272 Å². The van der Waals surface area contributed by atoms with Crippen molar-refractivity contribution in [1.82, 2.24) is 88.7 Å². The van der Waals surface area contributed by atoms with Gasteiger partial charge in [-0.15, -0.1) is 11.8 Å². The Morgan fingerprint density at radius 1 is 0.438 bits per heavy atom. The summed E-state index contributed by atoms with van der Waals surface area (Å²) in [6, 6.07) is 12.9. The largest absolute Gasteiger partial charge is 0.508 e. The second-order valence-corrected chi connectivity index (χ2v) is 34.2. The van der Waals surface area contributed by atoms with Crippen molar-refractivity contribution in [3.05, 3.63) is 173 Å². The van der Waals surface area contributed by atoms with Gasteiger partial charge in [-0.25, -0.2) is 0 Å². The van der Waals surface area contributed by atoms with Crippen molar-refractivity contribution in [2.24, 2.45) is 34.6 Å². The normalized spacial score (nSPS) is 22.6. The van der Waals surface area contributed by atoms with Gasteiger partial charge >= 0.3 is 5.97 Å². The van der Waals surface area contributed by atoms with E-state index in [1.165, 1.54) is 45.2 Å². The van der Waals surface area contributed by atoms with Crippen molar-refractivity contribution in [3.63, 3.8) is 0 Å². The smallest absolute Gasteiger partial charge is 0.305 e. The molecule has 5 aromatic carbocycles. The molecule has 0 saturated carbocycles. The first-order chi connectivity index (χ1) is 65.0. The van der Waals surface area contributed by atoms with Crippen LogP contribution in [0.25, 0.3) is 0 Å². The molecule has 1 fully saturated rings. The van der Waals surface area contributed by atoms with Gasteiger partial charge in [0.05, 0.1) is 44.7 Å². The van der Waals surface area contributed by atoms with Crippen LogP contribution < -0.4 is 97.8 Å². The van der Waals surface area contributed by atoms with Crippen molar-refractivity contribution in [2.75, 3.05) is 65.4 Å². The van der Waals surface area contributed by atoms with Crippen LogP contribution in [0, 0.1) is 16.7 Å². The number of nitrogens with zero attached hydrogens (tertiary/aromatic N) is 4. The van der Waals surface area contributed by atoms with Crippen LogP contribution in [0.15, 0.2) is 140 Å². The number of fused-ring (bicyclic) bond motifs is 2. The summed E-state index contributed by atoms with van der Waals surface area (Å²) >= 11 is 0.722. The minimum atomic E-state index is -2.11. The first-order valence-corrected chi connectivity index (χ1v) is 44.9. The lowest BCUT2D eigenvalue weighted by atomic mass is 9.92. The molecule has 18 amide bonds. The Kier molecular flexibility index (Phi) is 42.5. The Labute approximate surface area is 792 Å². The van der Waals surface area contributed by atoms with Gasteiger partial charge in [0.15, 0.2) is 11.9 Å². The lowest BCUT2D eigenvalue weighted by molar-refractivity contribution is -0.149. The summed E-state index contributed by atoms with van der Waals surface area (Å²) in [6.07, 6.45) is -5.57. The van der Waals surface area contributed by atoms with Gasteiger partial charge < -0.3 is 133 Å². The van der Waals surface area contributed by atoms with Gasteiger partial charge in [0.25, 0.3) is 0 Å². The first-order valence-electron chi connectivity index (χ1n) is 43.8. The zero-order valence-corrected chi connectivity index (χ0v) is 77.0. The second kappa shape index (κ2) is 53.5. The van der Waals surface area contributed by atoms with E-state index in [1.807, 2.05) is 0 Å². The van der Waals surface area contributed by atoms with Crippen LogP contribution in [0.5, 0.6) is 5.75 Å². The third-order valence-corrected chi connectivity index (χ3v) is 23.3. The van der Waals surface area contributed by atoms with Gasteiger partial charge in [0.1, 0.15) is 84.3 Å². The van der Waals surface area contributed by atoms with Crippen LogP contribution in [0.4, 0.5) is 0 Å². The molecule has 0 aliphatic carbocycles. The molecule has 46 nitrogen and oxygen atoms in total. The van der Waals surface area contributed by atoms with Gasteiger partial charge in [0, 0.05) is 78.6 Å². The molecule has 13 atom stereocenters. The Morgan fingerprint density at radius 2 is 0.876 bits per heavy atom. The number of hydrogen-bond donors (Lipinski definition) is 23. The van der Waals surface area contributed by atoms with E-state index in [2.05, 4.69) is 69.1 Å². The highest BCUT2D eigenvalue weighted by atomic mass is 32.2. The predicted octanol–water partition coefficient (Wildman–Crippen LogP) is -6.67. The lowest BCUT2D eigenvalue weighted by Gasteiger charge is -2.39. The maximum Gasteiger partial charge on any atom is 0.305 e. The number of nitrogens with two attached hydrogens (primary N) is 5. The van der Waals surface area contributed by atoms with Crippen molar-refractivity contribution < 1.29 is 106 Å². The van der Waals surface area contributed by atoms with Crippen LogP contribution in [-0.4, -0.2) is 303 Å². The number of amides is 18. The molecule has 13 unspecified atom stereocenters. The summed E-state index contributed by atoms with van der Waals surface area (Å²) in [5.41, 5.74) is 30.5. The number of aliphatic hydroxyl groups is 1. The summed E-state index contributed by atoms with van der Waals surface area (Å²) in [6.45, 7) is -0.634. The lowest BCUT2D eigenvalue weighted by Crippen LogP contribution is -2.62. The number of phenols is 1. The number of thioether (sulfide) groups is 1. The Morgan fingerprint density at radius 3 is 1.41 bits per heavy atom. The molecule has 0 spiro atoms. The minimum absolute atomic E-state index is 0.00546. The monoisotopic (exact) mass is 1920 g/mol. The van der Waals surface area contributed by atoms with E-state index in [0.29, 0.717) is 27.8 Å². The number of aromatic hydroxyl groups is 1. The SMILES string of the molecule is CC(C)C1NC(=O)C(CO)NC(=O)C(Cc2ccccc2)N(C)C(=O)C(CCCNC(=N)N)NC(=O)C(Cc2ccccc2)NC(=O)CSCC(C(=O)NCC(N)=O)NC(=O)C(Cc2ccccc2)N(C)C(=O)C(CC(N)=O)NC(=O)C2Cc3ccccc3CN2C(=O)C(CC(=O)O)NC(=O)C(CCCNC(=N)N)NC(=O)CN(C)C(=O)C(Cc2ccc(O)cc2)NC(=O)C(CC(N)=O)NC1=O. The highest BCUT2D eigenvalue weighted by Gasteiger charge is 2.45. The number of nitrogens with one attached hydrogen (secondary N) is 15. The van der Waals surface area contributed by atoms with Gasteiger partial charge in [-0.1, -0.05) is 141 Å². The van der Waals surface area contributed by atoms with E-state index in [1.54, 1.807) is 115 Å². The van der Waals surface area contributed by atoms with E-state index in [0.717, 1.165) is 45.5 Å². The zero-order valence-electron chi connectivity index (χ0n) is 76.2. The van der Waals surface area contributed by atoms with Crippen LogP contribution in [-0.2, 0) is 130 Å². The highest BCUT2D eigenvalue weighted by Crippen LogP contribution is 2.27. The molecule has 2 aliphatic rings. The van der Waals surface area contributed by atoms with E-state index in [-0.39, 0.29) is 75.8 Å². The van der Waals surface area contributed by atoms with Crippen LogP contribution in [0.3, 0.4) is 0 Å². The molecule has 5 aromatic rings. The van der Waals surface area contributed by atoms with Gasteiger partial charge in [-0.05, 0) is 77.1 Å². The Bertz CT molecular complexity index is 5160. The summed E-state index contributed by atoms with van der Waals surface area (Å²) in [7, 11) is 3.44. The molecule has 28 N–H and O–H groups in total. The van der Waals surface area contributed by atoms with Gasteiger partial charge in [-0.2, -0.15) is 0 Å². The number of hydrogen-bond acceptors (Lipinski definition) is 24. The number of aliphatic hydroxyl groups excluding tert-OH is 1. The molecule has 47 heteroatoms. The number of phenolic OH excluding ortho intramolecular Hbond substituents is 1. The van der Waals surface area contributed by atoms with E-state index in [9.17, 15) is 72.9 Å². The summed E-state index contributed by atoms with van der Waals surface area (Å²) < 4.78 is 0. The third kappa shape index (κ3) is 34.9. The van der Waals surface area contributed by atoms with Crippen LogP contribution in [0.2, 0.25) is 0 Å². The topological polar surface area (TPSA) is 732 Å². The molecule has 2 heterocycles. The minimum Gasteiger partial charge on any atom is -0.508 e. The number of guanidine groups is 2. The fourth-order valence-electron chi connectivity index (χ4n) is 15.0. The summed E-state index contributed by atoms with van der Waals surface area (Å²) in [5.74, 6) is -24.9. The van der Waals surface area contributed by atoms with E-state index >= 15 is 33.6 Å². The second-order valence-electron chi connectivity index (χ2n) is 33.2. The average molecular weight is 1920 g/mol.